The van der Waals surface area contributed by atoms with Crippen molar-refractivity contribution in [1.82, 2.24) is 4.98 Å². The molecule has 0 unspecified atom stereocenters. The second-order valence-corrected chi connectivity index (χ2v) is 3.43. The number of aromatic amines is 1. The Morgan fingerprint density at radius 1 is 1.25 bits per heavy atom. The van der Waals surface area contributed by atoms with Gasteiger partial charge in [0.2, 0.25) is 0 Å². The highest BCUT2D eigenvalue weighted by atomic mass is 16.4. The number of aromatic nitrogens is 1. The molecule has 0 saturated carbocycles. The van der Waals surface area contributed by atoms with Crippen molar-refractivity contribution in [3.05, 3.63) is 53.9 Å². The van der Waals surface area contributed by atoms with Gasteiger partial charge >= 0.3 is 5.97 Å². The van der Waals surface area contributed by atoms with Crippen molar-refractivity contribution in [3.8, 4) is 0 Å². The van der Waals surface area contributed by atoms with Crippen LogP contribution in [0.3, 0.4) is 0 Å². The molecule has 0 amide bonds. The quantitative estimate of drug-likeness (QED) is 0.734. The average Bonchev–Trinajstić information content (AvgIpc) is 2.80. The Labute approximate surface area is 92.9 Å². The predicted octanol–water partition coefficient (Wildman–Crippen LogP) is 2.33. The summed E-state index contributed by atoms with van der Waals surface area (Å²) >= 11 is 0. The van der Waals surface area contributed by atoms with Crippen LogP contribution in [0, 0.1) is 0 Å². The topological polar surface area (TPSA) is 65.1 Å². The Morgan fingerprint density at radius 3 is 2.56 bits per heavy atom. The normalized spacial score (nSPS) is 10.0. The number of H-pyrrole nitrogens is 1. The summed E-state index contributed by atoms with van der Waals surface area (Å²) in [5.74, 6) is -0.907. The van der Waals surface area contributed by atoms with Crippen LogP contribution in [-0.2, 0) is 6.54 Å². The Hall–Kier alpha value is -2.23. The predicted molar refractivity (Wildman–Crippen MR) is 61.5 cm³/mol. The number of aromatic carboxylic acids is 1. The lowest BCUT2D eigenvalue weighted by Gasteiger charge is -2.05. The summed E-state index contributed by atoms with van der Waals surface area (Å²) in [5.41, 5.74) is 2.28. The minimum absolute atomic E-state index is 0.297. The van der Waals surface area contributed by atoms with Gasteiger partial charge in [0.05, 0.1) is 12.1 Å². The Bertz CT molecular complexity index is 460. The smallest absolute Gasteiger partial charge is 0.335 e. The fourth-order valence-corrected chi connectivity index (χ4v) is 1.41. The maximum Gasteiger partial charge on any atom is 0.335 e. The van der Waals surface area contributed by atoms with E-state index in [0.29, 0.717) is 12.1 Å². The molecule has 0 aliphatic carbocycles. The zero-order valence-electron chi connectivity index (χ0n) is 8.60. The molecule has 1 aromatic carbocycles. The molecule has 0 atom stereocenters. The van der Waals surface area contributed by atoms with E-state index >= 15 is 0 Å². The molecule has 16 heavy (non-hydrogen) atoms. The second kappa shape index (κ2) is 4.53. The Balaban J connectivity index is 1.98. The number of rotatable bonds is 4. The first-order valence-corrected chi connectivity index (χ1v) is 4.95. The fourth-order valence-electron chi connectivity index (χ4n) is 1.41. The molecule has 0 bridgehead atoms. The number of carboxylic acid groups (broad SMARTS) is 1. The third-order valence-corrected chi connectivity index (χ3v) is 2.28. The van der Waals surface area contributed by atoms with E-state index in [1.165, 1.54) is 0 Å². The van der Waals surface area contributed by atoms with Crippen molar-refractivity contribution < 1.29 is 9.90 Å². The lowest BCUT2D eigenvalue weighted by Crippen LogP contribution is -2.00. The Kier molecular flexibility index (Phi) is 2.91. The molecular formula is C12H12N2O2. The maximum absolute atomic E-state index is 10.6. The van der Waals surface area contributed by atoms with Gasteiger partial charge in [-0.1, -0.05) is 0 Å². The van der Waals surface area contributed by atoms with E-state index in [4.69, 9.17) is 5.11 Å². The van der Waals surface area contributed by atoms with E-state index in [-0.39, 0.29) is 0 Å². The second-order valence-electron chi connectivity index (χ2n) is 3.43. The fraction of sp³-hybridized carbons (Fsp3) is 0.0833. The molecule has 0 saturated heterocycles. The molecule has 0 aliphatic rings. The number of nitrogens with one attached hydrogen (secondary N) is 2. The van der Waals surface area contributed by atoms with Gasteiger partial charge in [-0.05, 0) is 36.4 Å². The first kappa shape index (κ1) is 10.3. The monoisotopic (exact) mass is 216 g/mol. The lowest BCUT2D eigenvalue weighted by atomic mass is 10.2. The summed E-state index contributed by atoms with van der Waals surface area (Å²) in [4.78, 5) is 13.7. The molecule has 4 nitrogen and oxygen atoms in total. The van der Waals surface area contributed by atoms with Crippen LogP contribution < -0.4 is 5.32 Å². The van der Waals surface area contributed by atoms with E-state index in [0.717, 1.165) is 11.4 Å². The van der Waals surface area contributed by atoms with Crippen molar-refractivity contribution in [2.24, 2.45) is 0 Å². The van der Waals surface area contributed by atoms with Crippen molar-refractivity contribution in [2.75, 3.05) is 5.32 Å². The summed E-state index contributed by atoms with van der Waals surface area (Å²) in [7, 11) is 0. The molecule has 0 radical (unpaired) electrons. The van der Waals surface area contributed by atoms with Crippen LogP contribution in [0.5, 0.6) is 0 Å². The Morgan fingerprint density at radius 2 is 2.00 bits per heavy atom. The van der Waals surface area contributed by atoms with E-state index < -0.39 is 5.97 Å². The highest BCUT2D eigenvalue weighted by Gasteiger charge is 2.01. The summed E-state index contributed by atoms with van der Waals surface area (Å²) < 4.78 is 0. The van der Waals surface area contributed by atoms with Gasteiger partial charge in [-0.25, -0.2) is 4.79 Å². The third-order valence-electron chi connectivity index (χ3n) is 2.28. The van der Waals surface area contributed by atoms with Crippen LogP contribution in [-0.4, -0.2) is 16.1 Å². The van der Waals surface area contributed by atoms with Crippen LogP contribution in [0.25, 0.3) is 0 Å². The van der Waals surface area contributed by atoms with Crippen LogP contribution in [0.15, 0.2) is 42.6 Å². The first-order valence-electron chi connectivity index (χ1n) is 4.95. The molecule has 1 heterocycles. The van der Waals surface area contributed by atoms with Crippen LogP contribution >= 0.6 is 0 Å². The minimum atomic E-state index is -0.907. The molecule has 0 spiro atoms. The van der Waals surface area contributed by atoms with E-state index in [1.54, 1.807) is 24.3 Å². The highest BCUT2D eigenvalue weighted by Crippen LogP contribution is 2.10. The number of carboxylic acids is 1. The summed E-state index contributed by atoms with van der Waals surface area (Å²) in [6, 6.07) is 10.6. The van der Waals surface area contributed by atoms with Crippen LogP contribution in [0.1, 0.15) is 16.1 Å². The van der Waals surface area contributed by atoms with Crippen molar-refractivity contribution in [2.45, 2.75) is 6.54 Å². The summed E-state index contributed by atoms with van der Waals surface area (Å²) in [5, 5.41) is 11.9. The van der Waals surface area contributed by atoms with Crippen molar-refractivity contribution in [3.63, 3.8) is 0 Å². The summed E-state index contributed by atoms with van der Waals surface area (Å²) in [6.07, 6.45) is 1.87. The van der Waals surface area contributed by atoms with Crippen molar-refractivity contribution >= 4 is 11.7 Å². The number of hydrogen-bond acceptors (Lipinski definition) is 2. The van der Waals surface area contributed by atoms with Gasteiger partial charge in [0, 0.05) is 17.6 Å². The van der Waals surface area contributed by atoms with Gasteiger partial charge in [-0.15, -0.1) is 0 Å². The first-order chi connectivity index (χ1) is 7.75. The zero-order valence-corrected chi connectivity index (χ0v) is 8.60. The molecule has 82 valence electrons. The minimum Gasteiger partial charge on any atom is -0.478 e. The van der Waals surface area contributed by atoms with E-state index in [9.17, 15) is 4.79 Å². The number of carbonyl (C=O) groups is 1. The van der Waals surface area contributed by atoms with Gasteiger partial charge in [-0.2, -0.15) is 0 Å². The van der Waals surface area contributed by atoms with E-state index in [1.807, 2.05) is 18.3 Å². The molecule has 0 aliphatic heterocycles. The highest BCUT2D eigenvalue weighted by molar-refractivity contribution is 5.87. The standard InChI is InChI=1S/C12H12N2O2/c15-12(16)9-3-5-10(6-4-9)14-8-11-2-1-7-13-11/h1-7,13-14H,8H2,(H,15,16). The van der Waals surface area contributed by atoms with Crippen LogP contribution in [0.4, 0.5) is 5.69 Å². The van der Waals surface area contributed by atoms with E-state index in [2.05, 4.69) is 10.3 Å². The van der Waals surface area contributed by atoms with Crippen molar-refractivity contribution in [1.29, 1.82) is 0 Å². The molecule has 4 heteroatoms. The SMILES string of the molecule is O=C(O)c1ccc(NCc2ccc[nH]2)cc1. The number of hydrogen-bond donors (Lipinski definition) is 3. The number of benzene rings is 1. The maximum atomic E-state index is 10.6. The third kappa shape index (κ3) is 2.42. The molecule has 2 rings (SSSR count). The van der Waals surface area contributed by atoms with Gasteiger partial charge < -0.3 is 15.4 Å². The van der Waals surface area contributed by atoms with Crippen LogP contribution in [0.2, 0.25) is 0 Å². The molecular weight excluding hydrogens is 204 g/mol. The molecule has 1 aromatic heterocycles. The lowest BCUT2D eigenvalue weighted by molar-refractivity contribution is 0.0697. The van der Waals surface area contributed by atoms with Gasteiger partial charge in [-0.3, -0.25) is 0 Å². The number of anilines is 1. The van der Waals surface area contributed by atoms with Gasteiger partial charge in [0.1, 0.15) is 0 Å². The average molecular weight is 216 g/mol. The molecule has 2 aromatic rings. The van der Waals surface area contributed by atoms with Gasteiger partial charge in [0.25, 0.3) is 0 Å². The van der Waals surface area contributed by atoms with Gasteiger partial charge in [0.15, 0.2) is 0 Å². The molecule has 0 fully saturated rings. The largest absolute Gasteiger partial charge is 0.478 e. The summed E-state index contributed by atoms with van der Waals surface area (Å²) in [6.45, 7) is 0.694. The molecule has 3 N–H and O–H groups in total. The zero-order chi connectivity index (χ0) is 11.4.